The maximum absolute atomic E-state index is 12.8. The zero-order valence-electron chi connectivity index (χ0n) is 37.2. The number of hydrogen-bond acceptors (Lipinski definition) is 10. The Kier molecular flexibility index (Phi) is 34.4. The minimum Gasteiger partial charge on any atom is -0.462 e. The van der Waals surface area contributed by atoms with E-state index in [4.69, 9.17) is 18.9 Å². The van der Waals surface area contributed by atoms with E-state index in [0.29, 0.717) is 6.42 Å². The van der Waals surface area contributed by atoms with Crippen molar-refractivity contribution in [1.29, 1.82) is 0 Å². The van der Waals surface area contributed by atoms with E-state index in [1.165, 1.54) is 135 Å². The van der Waals surface area contributed by atoms with Gasteiger partial charge < -0.3 is 39.4 Å². The maximum atomic E-state index is 12.8. The van der Waals surface area contributed by atoms with Crippen molar-refractivity contribution in [3.63, 3.8) is 0 Å². The van der Waals surface area contributed by atoms with Crippen molar-refractivity contribution < 1.29 is 49.0 Å². The second kappa shape index (κ2) is 36.5. The van der Waals surface area contributed by atoms with Crippen molar-refractivity contribution >= 4 is 11.9 Å². The third kappa shape index (κ3) is 30.4. The minimum absolute atomic E-state index is 0.210. The average Bonchev–Trinajstić information content (AvgIpc) is 3.18. The third-order valence-corrected chi connectivity index (χ3v) is 11.3. The molecule has 4 N–H and O–H groups in total. The summed E-state index contributed by atoms with van der Waals surface area (Å²) < 4.78 is 22.2. The predicted octanol–water partition coefficient (Wildman–Crippen LogP) is 10.3. The highest BCUT2D eigenvalue weighted by molar-refractivity contribution is 5.70. The Labute approximate surface area is 348 Å². The molecular formula is C47H90O10. The van der Waals surface area contributed by atoms with Crippen LogP contribution in [0.2, 0.25) is 0 Å². The molecule has 1 rings (SSSR count). The molecule has 0 saturated carbocycles. The molecule has 1 aliphatic rings. The van der Waals surface area contributed by atoms with E-state index >= 15 is 0 Å². The molecule has 0 aromatic rings. The Balaban J connectivity index is 2.29. The first kappa shape index (κ1) is 53.7. The van der Waals surface area contributed by atoms with Crippen molar-refractivity contribution in [1.82, 2.24) is 0 Å². The number of aliphatic hydroxyl groups is 4. The number of hydrogen-bond donors (Lipinski definition) is 4. The molecular weight excluding hydrogens is 725 g/mol. The number of ether oxygens (including phenoxy) is 4. The van der Waals surface area contributed by atoms with Crippen molar-refractivity contribution in [2.75, 3.05) is 19.8 Å². The van der Waals surface area contributed by atoms with Crippen LogP contribution in [0.1, 0.15) is 220 Å². The van der Waals surface area contributed by atoms with E-state index in [-0.39, 0.29) is 32.0 Å². The highest BCUT2D eigenvalue weighted by atomic mass is 16.7. The lowest BCUT2D eigenvalue weighted by Crippen LogP contribution is -2.59. The molecule has 1 aliphatic heterocycles. The summed E-state index contributed by atoms with van der Waals surface area (Å²) in [6.07, 6.45) is 26.8. The minimum atomic E-state index is -1.59. The van der Waals surface area contributed by atoms with Gasteiger partial charge in [0.15, 0.2) is 12.4 Å². The van der Waals surface area contributed by atoms with E-state index in [1.807, 2.05) is 0 Å². The fourth-order valence-corrected chi connectivity index (χ4v) is 7.56. The van der Waals surface area contributed by atoms with Crippen LogP contribution in [0.5, 0.6) is 0 Å². The smallest absolute Gasteiger partial charge is 0.306 e. The normalized spacial score (nSPS) is 20.4. The molecule has 10 nitrogen and oxygen atoms in total. The molecule has 338 valence electrons. The predicted molar refractivity (Wildman–Crippen MR) is 229 cm³/mol. The van der Waals surface area contributed by atoms with Crippen LogP contribution in [0.15, 0.2) is 0 Å². The van der Waals surface area contributed by atoms with Gasteiger partial charge in [0, 0.05) is 12.8 Å². The third-order valence-electron chi connectivity index (χ3n) is 11.3. The van der Waals surface area contributed by atoms with Crippen molar-refractivity contribution in [3.05, 3.63) is 0 Å². The first-order valence-corrected chi connectivity index (χ1v) is 23.8. The largest absolute Gasteiger partial charge is 0.462 e. The highest BCUT2D eigenvalue weighted by Crippen LogP contribution is 2.23. The summed E-state index contributed by atoms with van der Waals surface area (Å²) in [4.78, 5) is 25.4. The van der Waals surface area contributed by atoms with Gasteiger partial charge >= 0.3 is 11.9 Å². The number of unbranched alkanes of at least 4 members (excludes halogenated alkanes) is 24. The van der Waals surface area contributed by atoms with Crippen LogP contribution in [0.25, 0.3) is 0 Å². The van der Waals surface area contributed by atoms with E-state index < -0.39 is 49.4 Å². The lowest BCUT2D eigenvalue weighted by molar-refractivity contribution is -0.305. The van der Waals surface area contributed by atoms with Gasteiger partial charge in [-0.15, -0.1) is 0 Å². The molecule has 0 amide bonds. The molecule has 0 bridgehead atoms. The van der Waals surface area contributed by atoms with Crippen molar-refractivity contribution in [3.8, 4) is 0 Å². The Morgan fingerprint density at radius 1 is 0.491 bits per heavy atom. The lowest BCUT2D eigenvalue weighted by atomic mass is 9.99. The summed E-state index contributed by atoms with van der Waals surface area (Å²) in [5, 5.41) is 40.1. The van der Waals surface area contributed by atoms with Crippen molar-refractivity contribution in [2.24, 2.45) is 11.8 Å². The van der Waals surface area contributed by atoms with Gasteiger partial charge in [0.25, 0.3) is 0 Å². The molecule has 1 heterocycles. The SMILES string of the molecule is CC(C)CCCCCCCCCCCCCCCC(=O)OCC(CO[C@H]1O[C@H](CO)[C@@H](O)[C@H](O)[C@H]1O)OC(=O)CCCCCCCCCCCCCCCC(C)C. The molecule has 6 atom stereocenters. The lowest BCUT2D eigenvalue weighted by Gasteiger charge is -2.39. The fourth-order valence-electron chi connectivity index (χ4n) is 7.56. The van der Waals surface area contributed by atoms with Crippen molar-refractivity contribution in [2.45, 2.75) is 257 Å². The van der Waals surface area contributed by atoms with Crippen LogP contribution in [0, 0.1) is 11.8 Å². The summed E-state index contributed by atoms with van der Waals surface area (Å²) in [6.45, 7) is 8.13. The van der Waals surface area contributed by atoms with Crippen LogP contribution < -0.4 is 0 Å². The Morgan fingerprint density at radius 2 is 0.860 bits per heavy atom. The molecule has 1 unspecified atom stereocenters. The van der Waals surface area contributed by atoms with Gasteiger partial charge in [0.05, 0.1) is 13.2 Å². The summed E-state index contributed by atoms with van der Waals surface area (Å²) in [5.74, 6) is 0.847. The average molecular weight is 815 g/mol. The van der Waals surface area contributed by atoms with E-state index in [1.54, 1.807) is 0 Å². The molecule has 0 spiro atoms. The fraction of sp³-hybridized carbons (Fsp3) is 0.957. The highest BCUT2D eigenvalue weighted by Gasteiger charge is 2.44. The number of rotatable bonds is 39. The monoisotopic (exact) mass is 815 g/mol. The molecule has 10 heteroatoms. The molecule has 57 heavy (non-hydrogen) atoms. The molecule has 0 radical (unpaired) electrons. The summed E-state index contributed by atoms with van der Waals surface area (Å²) in [7, 11) is 0. The van der Waals surface area contributed by atoms with Gasteiger partial charge in [0.1, 0.15) is 31.0 Å². The van der Waals surface area contributed by atoms with Crippen LogP contribution in [0.4, 0.5) is 0 Å². The molecule has 0 aromatic heterocycles. The zero-order chi connectivity index (χ0) is 41.9. The Bertz CT molecular complexity index is 928. The summed E-state index contributed by atoms with van der Waals surface area (Å²) in [6, 6.07) is 0. The standard InChI is InChI=1S/C47H90O10/c1-38(2)31-27-23-19-15-11-7-5-9-13-17-21-25-29-33-42(49)54-36-40(37-55-47-46(53)45(52)44(51)41(35-48)57-47)56-43(50)34-30-26-22-18-14-10-6-8-12-16-20-24-28-32-39(3)4/h38-41,44-48,51-53H,5-37H2,1-4H3/t40?,41-,44-,45+,46-,47+/m1/s1. The Morgan fingerprint density at radius 3 is 1.25 bits per heavy atom. The van der Waals surface area contributed by atoms with E-state index in [9.17, 15) is 30.0 Å². The number of carbonyl (C=O) groups is 2. The second-order valence-electron chi connectivity index (χ2n) is 17.9. The zero-order valence-corrected chi connectivity index (χ0v) is 37.2. The topological polar surface area (TPSA) is 152 Å². The summed E-state index contributed by atoms with van der Waals surface area (Å²) >= 11 is 0. The van der Waals surface area contributed by atoms with Gasteiger partial charge in [-0.3, -0.25) is 9.59 Å². The van der Waals surface area contributed by atoms with Crippen LogP contribution in [-0.4, -0.2) is 89.0 Å². The number of esters is 2. The Hall–Kier alpha value is -1.30. The first-order chi connectivity index (χ1) is 27.5. The molecule has 1 saturated heterocycles. The van der Waals surface area contributed by atoms with Crippen LogP contribution in [-0.2, 0) is 28.5 Å². The van der Waals surface area contributed by atoms with Gasteiger partial charge in [0.2, 0.25) is 0 Å². The van der Waals surface area contributed by atoms with Gasteiger partial charge in [-0.1, -0.05) is 195 Å². The second-order valence-corrected chi connectivity index (χ2v) is 17.9. The number of aliphatic hydroxyl groups excluding tert-OH is 4. The van der Waals surface area contributed by atoms with E-state index in [0.717, 1.165) is 50.4 Å². The maximum Gasteiger partial charge on any atom is 0.306 e. The molecule has 0 aliphatic carbocycles. The van der Waals surface area contributed by atoms with Gasteiger partial charge in [-0.25, -0.2) is 0 Å². The van der Waals surface area contributed by atoms with E-state index in [2.05, 4.69) is 27.7 Å². The van der Waals surface area contributed by atoms with Gasteiger partial charge in [-0.05, 0) is 24.7 Å². The molecule has 1 fully saturated rings. The first-order valence-electron chi connectivity index (χ1n) is 23.8. The molecule has 0 aromatic carbocycles. The van der Waals surface area contributed by atoms with Crippen LogP contribution in [0.3, 0.4) is 0 Å². The quantitative estimate of drug-likeness (QED) is 0.0349. The summed E-state index contributed by atoms with van der Waals surface area (Å²) in [5.41, 5.74) is 0. The van der Waals surface area contributed by atoms with Gasteiger partial charge in [-0.2, -0.15) is 0 Å². The number of carbonyl (C=O) groups excluding carboxylic acids is 2. The van der Waals surface area contributed by atoms with Crippen LogP contribution >= 0.6 is 0 Å².